The van der Waals surface area contributed by atoms with E-state index in [2.05, 4.69) is 0 Å². The molecule has 0 radical (unpaired) electrons. The van der Waals surface area contributed by atoms with Gasteiger partial charge in [0.1, 0.15) is 17.3 Å². The Labute approximate surface area is 195 Å². The van der Waals surface area contributed by atoms with Crippen LogP contribution in [0.15, 0.2) is 109 Å². The molecule has 5 nitrogen and oxygen atoms in total. The summed E-state index contributed by atoms with van der Waals surface area (Å²) in [6, 6.07) is 28.9. The monoisotopic (exact) mass is 451 g/mol. The average molecular weight is 451 g/mol. The summed E-state index contributed by atoms with van der Waals surface area (Å²) in [5.74, 6) is -0.381. The molecule has 0 N–H and O–H groups in total. The van der Waals surface area contributed by atoms with Crippen molar-refractivity contribution in [3.05, 3.63) is 126 Å². The molecule has 0 aliphatic carbocycles. The van der Waals surface area contributed by atoms with E-state index >= 15 is 0 Å². The Kier molecular flexibility index (Phi) is 5.62. The van der Waals surface area contributed by atoms with Gasteiger partial charge in [-0.1, -0.05) is 54.6 Å². The number of benzene rings is 4. The second-order valence-corrected chi connectivity index (χ2v) is 7.49. The first-order valence-corrected chi connectivity index (χ1v) is 10.5. The summed E-state index contributed by atoms with van der Waals surface area (Å²) >= 11 is 0. The third-order valence-electron chi connectivity index (χ3n) is 5.25. The van der Waals surface area contributed by atoms with Crippen LogP contribution in [0.1, 0.15) is 15.9 Å². The van der Waals surface area contributed by atoms with Gasteiger partial charge < -0.3 is 9.47 Å². The summed E-state index contributed by atoms with van der Waals surface area (Å²) in [7, 11) is 0. The highest BCUT2D eigenvalue weighted by Crippen LogP contribution is 2.36. The van der Waals surface area contributed by atoms with E-state index in [1.165, 1.54) is 35.2 Å². The van der Waals surface area contributed by atoms with Gasteiger partial charge >= 0.3 is 6.09 Å². The van der Waals surface area contributed by atoms with Crippen molar-refractivity contribution in [2.24, 2.45) is 0 Å². The number of carbonyl (C=O) groups excluding carboxylic acids is 2. The van der Waals surface area contributed by atoms with Crippen molar-refractivity contribution in [3.8, 4) is 11.5 Å². The summed E-state index contributed by atoms with van der Waals surface area (Å²) in [5, 5.41) is 0. The number of Topliss-reactive ketones (excluding diaryl/α,β-unsaturated/α-hetero) is 1. The summed E-state index contributed by atoms with van der Waals surface area (Å²) in [4.78, 5) is 27.3. The third kappa shape index (κ3) is 4.17. The van der Waals surface area contributed by atoms with Gasteiger partial charge in [0, 0.05) is 11.6 Å². The van der Waals surface area contributed by atoms with E-state index < -0.39 is 11.9 Å². The Hall–Kier alpha value is -4.71. The Morgan fingerprint density at radius 3 is 2.09 bits per heavy atom. The minimum atomic E-state index is -0.621. The lowest BCUT2D eigenvalue weighted by Gasteiger charge is -2.22. The number of fused-ring (bicyclic) bond motifs is 1. The zero-order valence-electron chi connectivity index (χ0n) is 17.9. The fraction of sp³-hybridized carbons (Fsp3) is 0. The normalized spacial score (nSPS) is 13.3. The Balaban J connectivity index is 1.41. The minimum absolute atomic E-state index is 0.00114. The molecule has 0 saturated carbocycles. The number of ether oxygens (including phenoxy) is 2. The lowest BCUT2D eigenvalue weighted by molar-refractivity contribution is 0.101. The fourth-order valence-electron chi connectivity index (χ4n) is 3.62. The van der Waals surface area contributed by atoms with E-state index in [9.17, 15) is 14.0 Å². The SMILES string of the molecule is O=C1C(=Cc2ccccc2F)Oc2cc(OC(=O)N(c3ccccc3)c3ccccc3)ccc21. The van der Waals surface area contributed by atoms with E-state index in [1.807, 2.05) is 36.4 Å². The topological polar surface area (TPSA) is 55.8 Å². The van der Waals surface area contributed by atoms with Crippen molar-refractivity contribution >= 4 is 29.3 Å². The van der Waals surface area contributed by atoms with Crippen molar-refractivity contribution in [2.45, 2.75) is 0 Å². The smallest absolute Gasteiger partial charge is 0.424 e. The van der Waals surface area contributed by atoms with Crippen LogP contribution in [-0.2, 0) is 0 Å². The molecule has 0 aromatic heterocycles. The lowest BCUT2D eigenvalue weighted by Crippen LogP contribution is -2.29. The lowest BCUT2D eigenvalue weighted by atomic mass is 10.1. The molecule has 1 aliphatic rings. The molecule has 0 unspecified atom stereocenters. The number of carbonyl (C=O) groups is 2. The number of para-hydroxylation sites is 2. The molecule has 0 bridgehead atoms. The van der Waals surface area contributed by atoms with Gasteiger partial charge in [-0.25, -0.2) is 14.1 Å². The van der Waals surface area contributed by atoms with Gasteiger partial charge in [-0.2, -0.15) is 0 Å². The van der Waals surface area contributed by atoms with Gasteiger partial charge in [-0.15, -0.1) is 0 Å². The maximum Gasteiger partial charge on any atom is 0.424 e. The van der Waals surface area contributed by atoms with Gasteiger partial charge in [-0.3, -0.25) is 4.79 Å². The number of halogens is 1. The van der Waals surface area contributed by atoms with Crippen LogP contribution in [0.3, 0.4) is 0 Å². The van der Waals surface area contributed by atoms with Crippen LogP contribution < -0.4 is 14.4 Å². The Morgan fingerprint density at radius 1 is 0.824 bits per heavy atom. The van der Waals surface area contributed by atoms with E-state index in [0.29, 0.717) is 16.9 Å². The van der Waals surface area contributed by atoms with Gasteiger partial charge in [0.05, 0.1) is 16.9 Å². The van der Waals surface area contributed by atoms with Crippen LogP contribution >= 0.6 is 0 Å². The Morgan fingerprint density at radius 2 is 1.44 bits per heavy atom. The van der Waals surface area contributed by atoms with Gasteiger partial charge in [0.15, 0.2) is 5.76 Å². The Bertz CT molecular complexity index is 1360. The number of allylic oxidation sites excluding steroid dienone is 1. The van der Waals surface area contributed by atoms with Gasteiger partial charge in [-0.05, 0) is 48.5 Å². The first kappa shape index (κ1) is 21.2. The second-order valence-electron chi connectivity index (χ2n) is 7.49. The van der Waals surface area contributed by atoms with Gasteiger partial charge in [0.25, 0.3) is 0 Å². The number of anilines is 2. The number of ketones is 1. The van der Waals surface area contributed by atoms with E-state index in [0.717, 1.165) is 0 Å². The van der Waals surface area contributed by atoms with Crippen LogP contribution in [0.2, 0.25) is 0 Å². The van der Waals surface area contributed by atoms with Gasteiger partial charge in [0.2, 0.25) is 5.78 Å². The van der Waals surface area contributed by atoms with Crippen LogP contribution in [0.25, 0.3) is 6.08 Å². The highest BCUT2D eigenvalue weighted by molar-refractivity contribution is 6.14. The number of hydrogen-bond acceptors (Lipinski definition) is 4. The maximum absolute atomic E-state index is 14.0. The minimum Gasteiger partial charge on any atom is -0.452 e. The maximum atomic E-state index is 14.0. The molecule has 1 heterocycles. The molecule has 166 valence electrons. The van der Waals surface area contributed by atoms with Crippen LogP contribution in [0.4, 0.5) is 20.6 Å². The summed E-state index contributed by atoms with van der Waals surface area (Å²) < 4.78 is 25.3. The van der Waals surface area contributed by atoms with Crippen LogP contribution in [0, 0.1) is 5.82 Å². The quantitative estimate of drug-likeness (QED) is 0.321. The molecule has 0 spiro atoms. The van der Waals surface area contributed by atoms with Crippen molar-refractivity contribution in [1.29, 1.82) is 0 Å². The molecular weight excluding hydrogens is 433 g/mol. The molecule has 4 aromatic rings. The van der Waals surface area contributed by atoms with Crippen LogP contribution in [0.5, 0.6) is 11.5 Å². The summed E-state index contributed by atoms with van der Waals surface area (Å²) in [5.41, 5.74) is 1.83. The third-order valence-corrected chi connectivity index (χ3v) is 5.25. The molecule has 5 rings (SSSR count). The van der Waals surface area contributed by atoms with Crippen molar-refractivity contribution < 1.29 is 23.5 Å². The molecular formula is C28H18FNO4. The predicted molar refractivity (Wildman–Crippen MR) is 127 cm³/mol. The van der Waals surface area contributed by atoms with E-state index in [-0.39, 0.29) is 28.6 Å². The molecule has 0 atom stereocenters. The number of hydrogen-bond donors (Lipinski definition) is 0. The molecule has 34 heavy (non-hydrogen) atoms. The van der Waals surface area contributed by atoms with Crippen molar-refractivity contribution in [3.63, 3.8) is 0 Å². The fourth-order valence-corrected chi connectivity index (χ4v) is 3.62. The molecule has 4 aromatic carbocycles. The van der Waals surface area contributed by atoms with Crippen LogP contribution in [-0.4, -0.2) is 11.9 Å². The molecule has 6 heteroatoms. The second kappa shape index (κ2) is 9.03. The summed E-state index contributed by atoms with van der Waals surface area (Å²) in [6.07, 6.45) is 0.736. The van der Waals surface area contributed by atoms with E-state index in [1.54, 1.807) is 42.5 Å². The standard InChI is InChI=1S/C28H18FNO4/c29-24-14-8-7-9-19(24)17-26-27(31)23-16-15-22(18-25(23)34-26)33-28(32)30(20-10-3-1-4-11-20)21-12-5-2-6-13-21/h1-18H. The predicted octanol–water partition coefficient (Wildman–Crippen LogP) is 6.78. The molecule has 1 aliphatic heterocycles. The highest BCUT2D eigenvalue weighted by atomic mass is 19.1. The molecule has 1 amide bonds. The molecule has 0 saturated heterocycles. The number of rotatable bonds is 4. The first-order valence-electron chi connectivity index (χ1n) is 10.5. The number of amides is 1. The summed E-state index contributed by atoms with van der Waals surface area (Å²) in [6.45, 7) is 0. The van der Waals surface area contributed by atoms with E-state index in [4.69, 9.17) is 9.47 Å². The average Bonchev–Trinajstić information content (AvgIpc) is 3.16. The zero-order valence-corrected chi connectivity index (χ0v) is 17.9. The number of nitrogens with zero attached hydrogens (tertiary/aromatic N) is 1. The van der Waals surface area contributed by atoms with Crippen molar-refractivity contribution in [1.82, 2.24) is 0 Å². The zero-order chi connectivity index (χ0) is 23.5. The highest BCUT2D eigenvalue weighted by Gasteiger charge is 2.29. The first-order chi connectivity index (χ1) is 16.6. The van der Waals surface area contributed by atoms with Crippen molar-refractivity contribution in [2.75, 3.05) is 4.90 Å². The molecule has 0 fully saturated rings. The largest absolute Gasteiger partial charge is 0.452 e.